The molecule has 130 valence electrons. The van der Waals surface area contributed by atoms with Crippen LogP contribution in [0.1, 0.15) is 38.5 Å². The van der Waals surface area contributed by atoms with E-state index >= 15 is 0 Å². The van der Waals surface area contributed by atoms with Gasteiger partial charge in [-0.2, -0.15) is 0 Å². The molecule has 1 aromatic rings. The Hall–Kier alpha value is -1.75. The Bertz CT molecular complexity index is 599. The van der Waals surface area contributed by atoms with Crippen LogP contribution >= 0.6 is 11.6 Å². The maximum atomic E-state index is 12.5. The Morgan fingerprint density at radius 1 is 1.21 bits per heavy atom. The molecule has 3 rings (SSSR count). The summed E-state index contributed by atoms with van der Waals surface area (Å²) in [5.41, 5.74) is 0.821. The summed E-state index contributed by atoms with van der Waals surface area (Å²) in [6.07, 6.45) is 6.13. The first kappa shape index (κ1) is 17.1. The SMILES string of the molecule is CN(C(=O)N[C@@H]1CC(=O)N(c2ccc(Cl)cc2)C1)C1CCCCC1. The minimum absolute atomic E-state index is 0.0305. The molecule has 0 bridgehead atoms. The highest BCUT2D eigenvalue weighted by molar-refractivity contribution is 6.30. The van der Waals surface area contributed by atoms with E-state index in [1.807, 2.05) is 24.1 Å². The summed E-state index contributed by atoms with van der Waals surface area (Å²) in [6, 6.07) is 7.31. The van der Waals surface area contributed by atoms with Gasteiger partial charge in [0, 0.05) is 36.8 Å². The summed E-state index contributed by atoms with van der Waals surface area (Å²) < 4.78 is 0. The van der Waals surface area contributed by atoms with E-state index in [2.05, 4.69) is 5.32 Å². The lowest BCUT2D eigenvalue weighted by atomic mass is 9.95. The smallest absolute Gasteiger partial charge is 0.317 e. The molecule has 5 nitrogen and oxygen atoms in total. The molecule has 24 heavy (non-hydrogen) atoms. The first-order chi connectivity index (χ1) is 11.5. The predicted molar refractivity (Wildman–Crippen MR) is 95.4 cm³/mol. The molecule has 3 amide bonds. The lowest BCUT2D eigenvalue weighted by molar-refractivity contribution is -0.117. The zero-order valence-corrected chi connectivity index (χ0v) is 14.8. The molecule has 1 aliphatic carbocycles. The van der Waals surface area contributed by atoms with E-state index in [9.17, 15) is 9.59 Å². The van der Waals surface area contributed by atoms with Crippen LogP contribution in [0.25, 0.3) is 0 Å². The van der Waals surface area contributed by atoms with Crippen LogP contribution in [0, 0.1) is 0 Å². The Morgan fingerprint density at radius 3 is 2.54 bits per heavy atom. The number of urea groups is 1. The van der Waals surface area contributed by atoms with Crippen LogP contribution in [0.5, 0.6) is 0 Å². The van der Waals surface area contributed by atoms with Crippen molar-refractivity contribution in [1.29, 1.82) is 0 Å². The number of anilines is 1. The third kappa shape index (κ3) is 3.83. The Morgan fingerprint density at radius 2 is 1.88 bits per heavy atom. The first-order valence-corrected chi connectivity index (χ1v) is 9.01. The number of nitrogens with zero attached hydrogens (tertiary/aromatic N) is 2. The molecule has 0 spiro atoms. The molecule has 1 N–H and O–H groups in total. The van der Waals surface area contributed by atoms with Crippen LogP contribution in [-0.2, 0) is 4.79 Å². The van der Waals surface area contributed by atoms with Crippen molar-refractivity contribution in [2.24, 2.45) is 0 Å². The zero-order chi connectivity index (χ0) is 17.1. The van der Waals surface area contributed by atoms with E-state index in [0.717, 1.165) is 18.5 Å². The highest BCUT2D eigenvalue weighted by Crippen LogP contribution is 2.24. The first-order valence-electron chi connectivity index (χ1n) is 8.64. The summed E-state index contributed by atoms with van der Waals surface area (Å²) in [4.78, 5) is 28.2. The standard InChI is InChI=1S/C18H24ClN3O2/c1-21(15-5-3-2-4-6-15)18(24)20-14-11-17(23)22(12-14)16-9-7-13(19)8-10-16/h7-10,14-15H,2-6,11-12H2,1H3,(H,20,24)/t14-/m1/s1. The number of carbonyl (C=O) groups excluding carboxylic acids is 2. The van der Waals surface area contributed by atoms with Crippen molar-refractivity contribution in [2.75, 3.05) is 18.5 Å². The van der Waals surface area contributed by atoms with Crippen LogP contribution in [0.3, 0.4) is 0 Å². The Labute approximate surface area is 147 Å². The number of hydrogen-bond acceptors (Lipinski definition) is 2. The number of hydrogen-bond donors (Lipinski definition) is 1. The summed E-state index contributed by atoms with van der Waals surface area (Å²) in [5, 5.41) is 3.66. The second-order valence-electron chi connectivity index (χ2n) is 6.73. The van der Waals surface area contributed by atoms with Gasteiger partial charge in [0.15, 0.2) is 0 Å². The van der Waals surface area contributed by atoms with Gasteiger partial charge >= 0.3 is 6.03 Å². The fraction of sp³-hybridized carbons (Fsp3) is 0.556. The number of carbonyl (C=O) groups is 2. The zero-order valence-electron chi connectivity index (χ0n) is 14.0. The molecule has 0 aromatic heterocycles. The average molecular weight is 350 g/mol. The van der Waals surface area contributed by atoms with Gasteiger partial charge in [-0.25, -0.2) is 4.79 Å². The van der Waals surface area contributed by atoms with Crippen molar-refractivity contribution in [3.63, 3.8) is 0 Å². The maximum Gasteiger partial charge on any atom is 0.317 e. The third-order valence-electron chi connectivity index (χ3n) is 5.03. The quantitative estimate of drug-likeness (QED) is 0.909. The molecule has 6 heteroatoms. The van der Waals surface area contributed by atoms with Crippen molar-refractivity contribution in [1.82, 2.24) is 10.2 Å². The number of amides is 3. The molecular weight excluding hydrogens is 326 g/mol. The minimum atomic E-state index is -0.147. The van der Waals surface area contributed by atoms with E-state index in [4.69, 9.17) is 11.6 Å². The second kappa shape index (κ2) is 7.43. The molecule has 1 atom stereocenters. The van der Waals surface area contributed by atoms with Crippen molar-refractivity contribution < 1.29 is 9.59 Å². The normalized spacial score (nSPS) is 21.8. The van der Waals surface area contributed by atoms with Gasteiger partial charge in [-0.15, -0.1) is 0 Å². The number of halogens is 1. The van der Waals surface area contributed by atoms with Gasteiger partial charge in [-0.3, -0.25) is 4.79 Å². The van der Waals surface area contributed by atoms with E-state index in [0.29, 0.717) is 24.0 Å². The molecule has 1 saturated heterocycles. The van der Waals surface area contributed by atoms with Gasteiger partial charge in [0.25, 0.3) is 0 Å². The highest BCUT2D eigenvalue weighted by Gasteiger charge is 2.33. The predicted octanol–water partition coefficient (Wildman–Crippen LogP) is 3.42. The topological polar surface area (TPSA) is 52.7 Å². The van der Waals surface area contributed by atoms with Crippen LogP contribution in [0.15, 0.2) is 24.3 Å². The largest absolute Gasteiger partial charge is 0.333 e. The van der Waals surface area contributed by atoms with E-state index in [1.165, 1.54) is 19.3 Å². The highest BCUT2D eigenvalue weighted by atomic mass is 35.5. The van der Waals surface area contributed by atoms with Crippen molar-refractivity contribution >= 4 is 29.2 Å². The van der Waals surface area contributed by atoms with Crippen molar-refractivity contribution in [3.05, 3.63) is 29.3 Å². The summed E-state index contributed by atoms with van der Waals surface area (Å²) >= 11 is 5.89. The lowest BCUT2D eigenvalue weighted by Crippen LogP contribution is -2.48. The Balaban J connectivity index is 1.57. The molecule has 1 aromatic carbocycles. The molecule has 0 unspecified atom stereocenters. The maximum absolute atomic E-state index is 12.5. The van der Waals surface area contributed by atoms with Gasteiger partial charge in [-0.1, -0.05) is 30.9 Å². The monoisotopic (exact) mass is 349 g/mol. The summed E-state index contributed by atoms with van der Waals surface area (Å²) in [6.45, 7) is 0.505. The number of rotatable bonds is 3. The van der Waals surface area contributed by atoms with Gasteiger partial charge in [0.1, 0.15) is 0 Å². The molecular formula is C18H24ClN3O2. The van der Waals surface area contributed by atoms with Crippen LogP contribution < -0.4 is 10.2 Å². The fourth-order valence-corrected chi connectivity index (χ4v) is 3.71. The number of nitrogens with one attached hydrogen (secondary N) is 1. The van der Waals surface area contributed by atoms with Gasteiger partial charge in [0.2, 0.25) is 5.91 Å². The van der Waals surface area contributed by atoms with E-state index in [1.54, 1.807) is 17.0 Å². The molecule has 1 heterocycles. The van der Waals surface area contributed by atoms with Crippen molar-refractivity contribution in [3.8, 4) is 0 Å². The molecule has 1 saturated carbocycles. The van der Waals surface area contributed by atoms with E-state index in [-0.39, 0.29) is 18.0 Å². The lowest BCUT2D eigenvalue weighted by Gasteiger charge is -2.32. The fourth-order valence-electron chi connectivity index (χ4n) is 3.59. The van der Waals surface area contributed by atoms with Gasteiger partial charge in [-0.05, 0) is 37.1 Å². The van der Waals surface area contributed by atoms with Crippen molar-refractivity contribution in [2.45, 2.75) is 50.6 Å². The molecule has 0 radical (unpaired) electrons. The molecule has 1 aliphatic heterocycles. The van der Waals surface area contributed by atoms with E-state index < -0.39 is 0 Å². The molecule has 2 fully saturated rings. The van der Waals surface area contributed by atoms with Gasteiger partial charge < -0.3 is 15.1 Å². The minimum Gasteiger partial charge on any atom is -0.333 e. The number of benzene rings is 1. The van der Waals surface area contributed by atoms with Crippen LogP contribution in [-0.4, -0.2) is 42.5 Å². The van der Waals surface area contributed by atoms with Gasteiger partial charge in [0.05, 0.1) is 6.04 Å². The average Bonchev–Trinajstić information content (AvgIpc) is 2.96. The summed E-state index contributed by atoms with van der Waals surface area (Å²) in [7, 11) is 1.86. The third-order valence-corrected chi connectivity index (χ3v) is 5.29. The van der Waals surface area contributed by atoms with Crippen LogP contribution in [0.2, 0.25) is 5.02 Å². The summed E-state index contributed by atoms with van der Waals surface area (Å²) in [5.74, 6) is 0.0305. The Kier molecular flexibility index (Phi) is 5.29. The van der Waals surface area contributed by atoms with Crippen LogP contribution in [0.4, 0.5) is 10.5 Å². The second-order valence-corrected chi connectivity index (χ2v) is 7.17. The molecule has 2 aliphatic rings.